The van der Waals surface area contributed by atoms with E-state index >= 15 is 0 Å². The lowest BCUT2D eigenvalue weighted by atomic mass is 10.1. The van der Waals surface area contributed by atoms with Gasteiger partial charge in [-0.1, -0.05) is 33.3 Å². The number of thiocarbonyl (C=S) groups is 1. The molecule has 2 aromatic carbocycles. The Balaban J connectivity index is 1.78. The van der Waals surface area contributed by atoms with Gasteiger partial charge in [-0.15, -0.1) is 0 Å². The second-order valence-corrected chi connectivity index (χ2v) is 8.51. The molecule has 3 aromatic rings. The highest BCUT2D eigenvalue weighted by atomic mass is 79.9. The Morgan fingerprint density at radius 1 is 1.19 bits per heavy atom. The fourth-order valence-corrected chi connectivity index (χ4v) is 4.77. The highest BCUT2D eigenvalue weighted by Gasteiger charge is 2.17. The minimum atomic E-state index is -0.345. The molecule has 1 heterocycles. The molecule has 0 saturated carbocycles. The van der Waals surface area contributed by atoms with E-state index < -0.39 is 0 Å². The first-order valence-electron chi connectivity index (χ1n) is 8.12. The molecule has 8 heteroatoms. The summed E-state index contributed by atoms with van der Waals surface area (Å²) in [5.41, 5.74) is 4.49. The number of rotatable bonds is 3. The number of hydrogen-bond acceptors (Lipinski definition) is 5. The van der Waals surface area contributed by atoms with Crippen molar-refractivity contribution in [2.45, 2.75) is 20.8 Å². The molecule has 27 heavy (non-hydrogen) atoms. The van der Waals surface area contributed by atoms with Gasteiger partial charge < -0.3 is 10.1 Å². The molecule has 140 valence electrons. The third kappa shape index (κ3) is 4.28. The molecule has 5 nitrogen and oxygen atoms in total. The van der Waals surface area contributed by atoms with Crippen molar-refractivity contribution < 1.29 is 9.53 Å². The monoisotopic (exact) mass is 463 g/mol. The van der Waals surface area contributed by atoms with Gasteiger partial charge in [0.25, 0.3) is 5.91 Å². The number of carbonyl (C=O) groups is 1. The predicted octanol–water partition coefficient (Wildman–Crippen LogP) is 5.12. The molecule has 0 aliphatic heterocycles. The summed E-state index contributed by atoms with van der Waals surface area (Å²) in [6, 6.07) is 7.76. The minimum absolute atomic E-state index is 0.188. The Labute approximate surface area is 175 Å². The highest BCUT2D eigenvalue weighted by Crippen LogP contribution is 2.30. The first kappa shape index (κ1) is 19.7. The lowest BCUT2D eigenvalue weighted by molar-refractivity contribution is 0.0974. The van der Waals surface area contributed by atoms with E-state index in [1.807, 2.05) is 19.9 Å². The van der Waals surface area contributed by atoms with Gasteiger partial charge in [0.2, 0.25) is 0 Å². The van der Waals surface area contributed by atoms with Gasteiger partial charge in [-0.05, 0) is 67.9 Å². The summed E-state index contributed by atoms with van der Waals surface area (Å²) >= 11 is 10.2. The van der Waals surface area contributed by atoms with Crippen LogP contribution in [0.3, 0.4) is 0 Å². The second kappa shape index (κ2) is 7.92. The summed E-state index contributed by atoms with van der Waals surface area (Å²) in [7, 11) is 1.54. The zero-order valence-corrected chi connectivity index (χ0v) is 18.5. The molecule has 2 N–H and O–H groups in total. The molecule has 1 amide bonds. The van der Waals surface area contributed by atoms with Crippen LogP contribution in [-0.4, -0.2) is 23.1 Å². The number of anilines is 1. The summed E-state index contributed by atoms with van der Waals surface area (Å²) in [5, 5.41) is 6.52. The maximum absolute atomic E-state index is 12.6. The maximum Gasteiger partial charge on any atom is 0.261 e. The molecule has 0 bridgehead atoms. The standard InChI is InChI=1S/C19H18BrN3O2S2/c1-9-5-10(2)15-14(6-9)27-19(21-15)23-18(26)22-17(24)13-8-12(20)7-11(3)16(13)25-4/h5-8H,1-4H3,(H2,21,22,23,24,26). The van der Waals surface area contributed by atoms with Crippen molar-refractivity contribution in [1.82, 2.24) is 10.3 Å². The molecule has 0 aliphatic carbocycles. The van der Waals surface area contributed by atoms with E-state index in [-0.39, 0.29) is 11.0 Å². The van der Waals surface area contributed by atoms with E-state index in [0.717, 1.165) is 25.8 Å². The summed E-state index contributed by atoms with van der Waals surface area (Å²) in [6.45, 7) is 5.96. The van der Waals surface area contributed by atoms with Crippen LogP contribution in [0.25, 0.3) is 10.2 Å². The second-order valence-electron chi connectivity index (χ2n) is 6.16. The third-order valence-corrected chi connectivity index (χ3v) is 5.55. The topological polar surface area (TPSA) is 63.2 Å². The molecule has 0 spiro atoms. The quantitative estimate of drug-likeness (QED) is 0.527. The summed E-state index contributed by atoms with van der Waals surface area (Å²) in [6.07, 6.45) is 0. The maximum atomic E-state index is 12.6. The summed E-state index contributed by atoms with van der Waals surface area (Å²) < 4.78 is 7.23. The number of aryl methyl sites for hydroxylation is 3. The zero-order valence-electron chi connectivity index (χ0n) is 15.3. The Bertz CT molecular complexity index is 1060. The van der Waals surface area contributed by atoms with Crippen LogP contribution in [0.5, 0.6) is 5.75 Å². The van der Waals surface area contributed by atoms with Crippen molar-refractivity contribution in [3.8, 4) is 5.75 Å². The van der Waals surface area contributed by atoms with E-state index in [1.54, 1.807) is 6.07 Å². The smallest absolute Gasteiger partial charge is 0.261 e. The van der Waals surface area contributed by atoms with Crippen LogP contribution >= 0.6 is 39.5 Å². The Hall–Kier alpha value is -2.03. The molecule has 0 atom stereocenters. The molecule has 0 fully saturated rings. The number of ether oxygens (including phenoxy) is 1. The third-order valence-electron chi connectivity index (χ3n) is 3.97. The first-order chi connectivity index (χ1) is 12.8. The number of nitrogens with zero attached hydrogens (tertiary/aromatic N) is 1. The molecule has 0 radical (unpaired) electrons. The predicted molar refractivity (Wildman–Crippen MR) is 118 cm³/mol. The number of carbonyl (C=O) groups excluding carboxylic acids is 1. The van der Waals surface area contributed by atoms with Crippen LogP contribution in [0.2, 0.25) is 0 Å². The van der Waals surface area contributed by atoms with Crippen molar-refractivity contribution in [3.05, 3.63) is 51.0 Å². The molecular weight excluding hydrogens is 446 g/mol. The molecule has 3 rings (SSSR count). The fraction of sp³-hybridized carbons (Fsp3) is 0.211. The van der Waals surface area contributed by atoms with Crippen molar-refractivity contribution in [2.75, 3.05) is 12.4 Å². The number of amides is 1. The lowest BCUT2D eigenvalue weighted by Gasteiger charge is -2.13. The molecule has 0 unspecified atom stereocenters. The van der Waals surface area contributed by atoms with E-state index in [4.69, 9.17) is 17.0 Å². The number of halogens is 1. The zero-order chi connectivity index (χ0) is 19.7. The average Bonchev–Trinajstić information content (AvgIpc) is 2.96. The van der Waals surface area contributed by atoms with Crippen LogP contribution in [0.15, 0.2) is 28.7 Å². The molecule has 0 saturated heterocycles. The number of aromatic nitrogens is 1. The van der Waals surface area contributed by atoms with Crippen LogP contribution < -0.4 is 15.4 Å². The van der Waals surface area contributed by atoms with E-state index in [1.165, 1.54) is 24.0 Å². The van der Waals surface area contributed by atoms with E-state index in [2.05, 4.69) is 50.6 Å². The van der Waals surface area contributed by atoms with Gasteiger partial charge in [0.15, 0.2) is 10.2 Å². The van der Waals surface area contributed by atoms with Crippen molar-refractivity contribution in [2.24, 2.45) is 0 Å². The number of benzene rings is 2. The van der Waals surface area contributed by atoms with Gasteiger partial charge in [0.1, 0.15) is 5.75 Å². The Kier molecular flexibility index (Phi) is 5.78. The van der Waals surface area contributed by atoms with Crippen molar-refractivity contribution in [1.29, 1.82) is 0 Å². The Morgan fingerprint density at radius 2 is 1.93 bits per heavy atom. The SMILES string of the molecule is COc1c(C)cc(Br)cc1C(=O)NC(=S)Nc1nc2c(C)cc(C)cc2s1. The summed E-state index contributed by atoms with van der Waals surface area (Å²) in [4.78, 5) is 17.2. The number of thiazole rings is 1. The van der Waals surface area contributed by atoms with Crippen molar-refractivity contribution in [3.63, 3.8) is 0 Å². The molecule has 0 aliphatic rings. The number of hydrogen-bond donors (Lipinski definition) is 2. The Morgan fingerprint density at radius 3 is 2.63 bits per heavy atom. The van der Waals surface area contributed by atoms with Crippen molar-refractivity contribution >= 4 is 65.9 Å². The lowest BCUT2D eigenvalue weighted by Crippen LogP contribution is -2.34. The van der Waals surface area contributed by atoms with E-state index in [0.29, 0.717) is 16.4 Å². The van der Waals surface area contributed by atoms with Gasteiger partial charge >= 0.3 is 0 Å². The van der Waals surface area contributed by atoms with Crippen LogP contribution in [0.1, 0.15) is 27.0 Å². The molecular formula is C19H18BrN3O2S2. The normalized spacial score (nSPS) is 10.7. The highest BCUT2D eigenvalue weighted by molar-refractivity contribution is 9.10. The van der Waals surface area contributed by atoms with Crippen LogP contribution in [0.4, 0.5) is 5.13 Å². The summed E-state index contributed by atoms with van der Waals surface area (Å²) in [5.74, 6) is 0.173. The van der Waals surface area contributed by atoms with Gasteiger partial charge in [-0.25, -0.2) is 4.98 Å². The van der Waals surface area contributed by atoms with Gasteiger partial charge in [0.05, 0.1) is 22.9 Å². The van der Waals surface area contributed by atoms with Crippen LogP contribution in [0, 0.1) is 20.8 Å². The first-order valence-corrected chi connectivity index (χ1v) is 10.1. The van der Waals surface area contributed by atoms with Gasteiger partial charge in [0, 0.05) is 4.47 Å². The average molecular weight is 464 g/mol. The van der Waals surface area contributed by atoms with Gasteiger partial charge in [-0.3, -0.25) is 10.1 Å². The molecule has 1 aromatic heterocycles. The van der Waals surface area contributed by atoms with E-state index in [9.17, 15) is 4.79 Å². The largest absolute Gasteiger partial charge is 0.496 e. The number of fused-ring (bicyclic) bond motifs is 1. The van der Waals surface area contributed by atoms with Gasteiger partial charge in [-0.2, -0.15) is 0 Å². The number of nitrogens with one attached hydrogen (secondary N) is 2. The number of methoxy groups -OCH3 is 1. The fourth-order valence-electron chi connectivity index (χ4n) is 2.89. The van der Waals surface area contributed by atoms with Crippen LogP contribution in [-0.2, 0) is 0 Å². The minimum Gasteiger partial charge on any atom is -0.496 e.